The summed E-state index contributed by atoms with van der Waals surface area (Å²) >= 11 is 3.16. The van der Waals surface area contributed by atoms with E-state index in [1.807, 2.05) is 0 Å². The van der Waals surface area contributed by atoms with E-state index in [2.05, 4.69) is 20.7 Å². The van der Waals surface area contributed by atoms with Crippen molar-refractivity contribution < 1.29 is 17.5 Å². The molecule has 0 fully saturated rings. The Kier molecular flexibility index (Phi) is 5.01. The number of para-hydroxylation sites is 1. The van der Waals surface area contributed by atoms with Gasteiger partial charge in [-0.05, 0) is 71.6 Å². The van der Waals surface area contributed by atoms with Gasteiger partial charge in [0.2, 0.25) is 0 Å². The summed E-state index contributed by atoms with van der Waals surface area (Å²) in [5.74, 6) is -0.0329. The number of hydrogen-bond donors (Lipinski definition) is 1. The lowest BCUT2D eigenvalue weighted by atomic mass is 10.1. The standard InChI is InChI=1S/C16H17BrFNO3S/c1-9-8-14(22-4)10(2)11(3)16(9)23(20,21)19-15-12(17)6-5-7-13(15)18/h5-8,19H,1-4H3. The fourth-order valence-electron chi connectivity index (χ4n) is 2.43. The van der Waals surface area contributed by atoms with Crippen molar-refractivity contribution in [2.75, 3.05) is 11.8 Å². The number of ether oxygens (including phenoxy) is 1. The molecule has 0 bridgehead atoms. The molecule has 0 spiro atoms. The van der Waals surface area contributed by atoms with Crippen LogP contribution in [-0.2, 0) is 10.0 Å². The van der Waals surface area contributed by atoms with Crippen LogP contribution in [0.1, 0.15) is 16.7 Å². The quantitative estimate of drug-likeness (QED) is 0.829. The number of benzene rings is 2. The summed E-state index contributed by atoms with van der Waals surface area (Å²) in [5.41, 5.74) is 1.72. The lowest BCUT2D eigenvalue weighted by molar-refractivity contribution is 0.410. The molecule has 7 heteroatoms. The molecule has 0 heterocycles. The van der Waals surface area contributed by atoms with Gasteiger partial charge in [-0.15, -0.1) is 0 Å². The van der Waals surface area contributed by atoms with Gasteiger partial charge in [0.15, 0.2) is 0 Å². The summed E-state index contributed by atoms with van der Waals surface area (Å²) in [6.07, 6.45) is 0. The minimum absolute atomic E-state index is 0.111. The molecule has 0 aromatic heterocycles. The summed E-state index contributed by atoms with van der Waals surface area (Å²) < 4.78 is 47.3. The highest BCUT2D eigenvalue weighted by Crippen LogP contribution is 2.33. The molecule has 1 N–H and O–H groups in total. The summed E-state index contributed by atoms with van der Waals surface area (Å²) in [4.78, 5) is 0.131. The van der Waals surface area contributed by atoms with Crippen molar-refractivity contribution in [2.45, 2.75) is 25.7 Å². The van der Waals surface area contributed by atoms with E-state index in [4.69, 9.17) is 4.74 Å². The average molecular weight is 402 g/mol. The maximum Gasteiger partial charge on any atom is 0.262 e. The molecule has 0 saturated carbocycles. The smallest absolute Gasteiger partial charge is 0.262 e. The molecule has 0 atom stereocenters. The Labute approximate surface area is 143 Å². The number of sulfonamides is 1. The zero-order valence-corrected chi connectivity index (χ0v) is 15.6. The third kappa shape index (κ3) is 3.35. The lowest BCUT2D eigenvalue weighted by Gasteiger charge is -2.17. The van der Waals surface area contributed by atoms with Crippen LogP contribution in [0.4, 0.5) is 10.1 Å². The molecule has 0 aliphatic carbocycles. The minimum atomic E-state index is -3.94. The van der Waals surface area contributed by atoms with Crippen molar-refractivity contribution in [1.82, 2.24) is 0 Å². The van der Waals surface area contributed by atoms with E-state index in [0.29, 0.717) is 21.3 Å². The number of aryl methyl sites for hydroxylation is 1. The summed E-state index contributed by atoms with van der Waals surface area (Å²) in [5, 5.41) is 0. The number of halogens is 2. The molecule has 2 rings (SSSR count). The predicted octanol–water partition coefficient (Wildman–Crippen LogP) is 4.32. The molecule has 0 aliphatic heterocycles. The largest absolute Gasteiger partial charge is 0.496 e. The molecule has 2 aromatic rings. The number of methoxy groups -OCH3 is 1. The van der Waals surface area contributed by atoms with Crippen LogP contribution in [-0.4, -0.2) is 15.5 Å². The third-order valence-corrected chi connectivity index (χ3v) is 5.97. The van der Waals surface area contributed by atoms with Crippen LogP contribution >= 0.6 is 15.9 Å². The van der Waals surface area contributed by atoms with Crippen molar-refractivity contribution in [3.63, 3.8) is 0 Å². The van der Waals surface area contributed by atoms with Gasteiger partial charge in [0.25, 0.3) is 10.0 Å². The predicted molar refractivity (Wildman–Crippen MR) is 92.1 cm³/mol. The van der Waals surface area contributed by atoms with Crippen molar-refractivity contribution in [1.29, 1.82) is 0 Å². The van der Waals surface area contributed by atoms with Crippen LogP contribution in [0.25, 0.3) is 0 Å². The fraction of sp³-hybridized carbons (Fsp3) is 0.250. The molecule has 2 aromatic carbocycles. The maximum absolute atomic E-state index is 13.9. The molecule has 0 saturated heterocycles. The summed E-state index contributed by atoms with van der Waals surface area (Å²) in [6, 6.07) is 5.92. The number of nitrogens with one attached hydrogen (secondary N) is 1. The molecule has 23 heavy (non-hydrogen) atoms. The highest BCUT2D eigenvalue weighted by Gasteiger charge is 2.24. The van der Waals surface area contributed by atoms with E-state index in [0.717, 1.165) is 5.56 Å². The maximum atomic E-state index is 13.9. The highest BCUT2D eigenvalue weighted by molar-refractivity contribution is 9.10. The molecule has 124 valence electrons. The van der Waals surface area contributed by atoms with Crippen LogP contribution in [0.3, 0.4) is 0 Å². The van der Waals surface area contributed by atoms with Gasteiger partial charge in [-0.25, -0.2) is 12.8 Å². The van der Waals surface area contributed by atoms with Gasteiger partial charge in [-0.3, -0.25) is 4.72 Å². The Hall–Kier alpha value is -1.60. The molecule has 0 unspecified atom stereocenters. The summed E-state index contributed by atoms with van der Waals surface area (Å²) in [7, 11) is -2.41. The minimum Gasteiger partial charge on any atom is -0.496 e. The number of hydrogen-bond acceptors (Lipinski definition) is 3. The van der Waals surface area contributed by atoms with Gasteiger partial charge in [-0.1, -0.05) is 6.07 Å². The first kappa shape index (κ1) is 17.7. The fourth-order valence-corrected chi connectivity index (χ4v) is 4.62. The van der Waals surface area contributed by atoms with Crippen LogP contribution in [0, 0.1) is 26.6 Å². The Morgan fingerprint density at radius 1 is 1.17 bits per heavy atom. The molecular weight excluding hydrogens is 385 g/mol. The number of anilines is 1. The SMILES string of the molecule is COc1cc(C)c(S(=O)(=O)Nc2c(F)cccc2Br)c(C)c1C. The van der Waals surface area contributed by atoms with Crippen molar-refractivity contribution >= 4 is 31.6 Å². The van der Waals surface area contributed by atoms with E-state index in [1.165, 1.54) is 19.2 Å². The Morgan fingerprint density at radius 2 is 1.83 bits per heavy atom. The van der Waals surface area contributed by atoms with Crippen molar-refractivity contribution in [2.24, 2.45) is 0 Å². The van der Waals surface area contributed by atoms with Crippen molar-refractivity contribution in [3.8, 4) is 5.75 Å². The first-order valence-corrected chi connectivity index (χ1v) is 9.08. The molecule has 0 aliphatic rings. The Morgan fingerprint density at radius 3 is 2.39 bits per heavy atom. The van der Waals surface area contributed by atoms with E-state index in [9.17, 15) is 12.8 Å². The van der Waals surface area contributed by atoms with Gasteiger partial charge in [0.05, 0.1) is 17.7 Å². The van der Waals surface area contributed by atoms with Crippen molar-refractivity contribution in [3.05, 3.63) is 51.2 Å². The first-order valence-electron chi connectivity index (χ1n) is 6.80. The van der Waals surface area contributed by atoms with E-state index >= 15 is 0 Å². The highest BCUT2D eigenvalue weighted by atomic mass is 79.9. The Balaban J connectivity index is 2.60. The Bertz CT molecular complexity index is 846. The molecule has 0 radical (unpaired) electrons. The van der Waals surface area contributed by atoms with E-state index in [1.54, 1.807) is 32.9 Å². The second-order valence-corrected chi connectivity index (χ2v) is 7.65. The second kappa shape index (κ2) is 6.49. The molecular formula is C16H17BrFNO3S. The monoisotopic (exact) mass is 401 g/mol. The lowest BCUT2D eigenvalue weighted by Crippen LogP contribution is -2.17. The van der Waals surface area contributed by atoms with E-state index in [-0.39, 0.29) is 10.6 Å². The zero-order valence-electron chi connectivity index (χ0n) is 13.2. The van der Waals surface area contributed by atoms with Gasteiger partial charge in [0.1, 0.15) is 11.6 Å². The number of rotatable bonds is 4. The third-order valence-electron chi connectivity index (χ3n) is 3.67. The normalized spacial score (nSPS) is 11.4. The van der Waals surface area contributed by atoms with Gasteiger partial charge < -0.3 is 4.74 Å². The van der Waals surface area contributed by atoms with Crippen LogP contribution in [0.15, 0.2) is 33.6 Å². The summed E-state index contributed by atoms with van der Waals surface area (Å²) in [6.45, 7) is 5.17. The van der Waals surface area contributed by atoms with Gasteiger partial charge in [0, 0.05) is 4.47 Å². The van der Waals surface area contributed by atoms with Gasteiger partial charge >= 0.3 is 0 Å². The zero-order chi connectivity index (χ0) is 17.4. The second-order valence-electron chi connectivity index (χ2n) is 5.18. The first-order chi connectivity index (χ1) is 10.7. The van der Waals surface area contributed by atoms with E-state index < -0.39 is 15.8 Å². The van der Waals surface area contributed by atoms with Crippen LogP contribution < -0.4 is 9.46 Å². The topological polar surface area (TPSA) is 55.4 Å². The van der Waals surface area contributed by atoms with Crippen LogP contribution in [0.5, 0.6) is 5.75 Å². The van der Waals surface area contributed by atoms with Gasteiger partial charge in [-0.2, -0.15) is 0 Å². The average Bonchev–Trinajstić information content (AvgIpc) is 2.46. The van der Waals surface area contributed by atoms with Crippen LogP contribution in [0.2, 0.25) is 0 Å². The molecule has 4 nitrogen and oxygen atoms in total. The molecule has 0 amide bonds.